The molecule has 0 spiro atoms. The van der Waals surface area contributed by atoms with Crippen molar-refractivity contribution < 1.29 is 9.18 Å². The van der Waals surface area contributed by atoms with Crippen molar-refractivity contribution in [2.24, 2.45) is 5.92 Å². The van der Waals surface area contributed by atoms with Crippen molar-refractivity contribution in [1.82, 2.24) is 15.3 Å². The van der Waals surface area contributed by atoms with Crippen LogP contribution in [0.1, 0.15) is 74.0 Å². The molecule has 2 aliphatic rings. The molecule has 2 fully saturated rings. The maximum Gasteiger partial charge on any atom is 0.251 e. The highest BCUT2D eigenvalue weighted by Gasteiger charge is 2.27. The molecule has 5 nitrogen and oxygen atoms in total. The second kappa shape index (κ2) is 8.25. The third kappa shape index (κ3) is 4.86. The van der Waals surface area contributed by atoms with Crippen molar-refractivity contribution in [3.05, 3.63) is 63.6 Å². The third-order valence-corrected chi connectivity index (χ3v) is 5.75. The number of nitrogens with zero attached hydrogens (tertiary/aromatic N) is 1. The van der Waals surface area contributed by atoms with Gasteiger partial charge in [-0.2, -0.15) is 0 Å². The minimum atomic E-state index is -0.337. The van der Waals surface area contributed by atoms with E-state index in [1.165, 1.54) is 31.0 Å². The second-order valence-corrected chi connectivity index (χ2v) is 8.13. The van der Waals surface area contributed by atoms with Gasteiger partial charge in [-0.25, -0.2) is 9.37 Å². The van der Waals surface area contributed by atoms with Gasteiger partial charge in [-0.3, -0.25) is 9.59 Å². The maximum absolute atomic E-state index is 13.4. The molecule has 148 valence electrons. The first-order valence-electron chi connectivity index (χ1n) is 10.2. The van der Waals surface area contributed by atoms with Crippen molar-refractivity contribution in [3.63, 3.8) is 0 Å². The smallest absolute Gasteiger partial charge is 0.251 e. The quantitative estimate of drug-likeness (QED) is 0.764. The Balaban J connectivity index is 1.53. The molecular formula is C22H26FN3O2. The Kier molecular flexibility index (Phi) is 5.55. The van der Waals surface area contributed by atoms with Gasteiger partial charge in [0.1, 0.15) is 11.6 Å². The lowest BCUT2D eigenvalue weighted by Crippen LogP contribution is -2.31. The summed E-state index contributed by atoms with van der Waals surface area (Å²) >= 11 is 0. The van der Waals surface area contributed by atoms with Gasteiger partial charge in [0.05, 0.1) is 11.7 Å². The summed E-state index contributed by atoms with van der Waals surface area (Å²) in [7, 11) is 0. The van der Waals surface area contributed by atoms with E-state index in [0.717, 1.165) is 37.1 Å². The Bertz CT molecular complexity index is 883. The van der Waals surface area contributed by atoms with Crippen LogP contribution < -0.4 is 10.9 Å². The minimum absolute atomic E-state index is 0.00785. The number of halogens is 1. The van der Waals surface area contributed by atoms with Gasteiger partial charge in [0, 0.05) is 24.8 Å². The number of carbonyl (C=O) groups is 1. The van der Waals surface area contributed by atoms with Crippen LogP contribution >= 0.6 is 0 Å². The fraction of sp³-hybridized carbons (Fsp3) is 0.500. The molecule has 1 aromatic carbocycles. The van der Waals surface area contributed by atoms with E-state index in [2.05, 4.69) is 15.3 Å². The van der Waals surface area contributed by atoms with Crippen LogP contribution in [0.3, 0.4) is 0 Å². The molecule has 4 rings (SSSR count). The molecule has 0 saturated heterocycles. The number of rotatable bonds is 7. The maximum atomic E-state index is 13.4. The largest absolute Gasteiger partial charge is 0.349 e. The number of H-pyrrole nitrogens is 1. The van der Waals surface area contributed by atoms with Crippen molar-refractivity contribution in [3.8, 4) is 0 Å². The van der Waals surface area contributed by atoms with E-state index in [9.17, 15) is 14.0 Å². The zero-order valence-electron chi connectivity index (χ0n) is 15.9. The van der Waals surface area contributed by atoms with E-state index < -0.39 is 0 Å². The number of hydrogen-bond acceptors (Lipinski definition) is 3. The molecule has 0 radical (unpaired) electrons. The fourth-order valence-corrected chi connectivity index (χ4v) is 4.07. The summed E-state index contributed by atoms with van der Waals surface area (Å²) in [6.07, 6.45) is 7.63. The normalized spacial score (nSPS) is 18.2. The molecule has 2 saturated carbocycles. The molecule has 1 amide bonds. The third-order valence-electron chi connectivity index (χ3n) is 5.75. The molecule has 2 aromatic rings. The van der Waals surface area contributed by atoms with Crippen LogP contribution in [0.4, 0.5) is 4.39 Å². The number of aromatic nitrogens is 2. The van der Waals surface area contributed by atoms with E-state index in [-0.39, 0.29) is 23.3 Å². The summed E-state index contributed by atoms with van der Waals surface area (Å²) < 4.78 is 13.4. The van der Waals surface area contributed by atoms with Gasteiger partial charge in [0.2, 0.25) is 5.91 Å². The van der Waals surface area contributed by atoms with Crippen LogP contribution in [0.15, 0.2) is 35.1 Å². The molecule has 0 unspecified atom stereocenters. The Morgan fingerprint density at radius 2 is 1.89 bits per heavy atom. The molecule has 0 bridgehead atoms. The predicted molar refractivity (Wildman–Crippen MR) is 104 cm³/mol. The summed E-state index contributed by atoms with van der Waals surface area (Å²) in [5, 5.41) is 3.10. The summed E-state index contributed by atoms with van der Waals surface area (Å²) in [5.41, 5.74) is 1.31. The topological polar surface area (TPSA) is 74.8 Å². The molecule has 1 heterocycles. The van der Waals surface area contributed by atoms with Crippen molar-refractivity contribution in [2.75, 3.05) is 0 Å². The summed E-state index contributed by atoms with van der Waals surface area (Å²) in [6.45, 7) is 0. The summed E-state index contributed by atoms with van der Waals surface area (Å²) in [6, 6.07) is 7.32. The lowest BCUT2D eigenvalue weighted by Gasteiger charge is -2.20. The van der Waals surface area contributed by atoms with E-state index in [4.69, 9.17) is 0 Å². The first-order valence-corrected chi connectivity index (χ1v) is 10.2. The average molecular weight is 383 g/mol. The van der Waals surface area contributed by atoms with Crippen LogP contribution in [-0.4, -0.2) is 15.9 Å². The van der Waals surface area contributed by atoms with Crippen LogP contribution in [0, 0.1) is 11.7 Å². The lowest BCUT2D eigenvalue weighted by molar-refractivity contribution is -0.122. The Morgan fingerprint density at radius 3 is 2.57 bits per heavy atom. The van der Waals surface area contributed by atoms with Gasteiger partial charge < -0.3 is 10.3 Å². The Hall–Kier alpha value is -2.50. The molecule has 28 heavy (non-hydrogen) atoms. The number of carbonyl (C=O) groups excluding carboxylic acids is 1. The Labute approximate surface area is 163 Å². The lowest BCUT2D eigenvalue weighted by atomic mass is 9.99. The predicted octanol–water partition coefficient (Wildman–Crippen LogP) is 3.77. The standard InChI is InChI=1S/C22H26FN3O2/c23-17-9-7-15(8-10-17)19(25-20(27)11-14-3-1-2-4-14)12-18-13-21(28)26-22(24-18)16-5-6-16/h7-10,13-14,16,19H,1-6,11-12H2,(H,25,27)(H,24,26,28)/t19-/m0/s1. The summed E-state index contributed by atoms with van der Waals surface area (Å²) in [5.74, 6) is 1.22. The van der Waals surface area contributed by atoms with Crippen molar-refractivity contribution >= 4 is 5.91 Å². The zero-order valence-corrected chi connectivity index (χ0v) is 15.9. The number of amides is 1. The van der Waals surface area contributed by atoms with Gasteiger partial charge in [0.25, 0.3) is 5.56 Å². The van der Waals surface area contributed by atoms with Gasteiger partial charge in [0.15, 0.2) is 0 Å². The van der Waals surface area contributed by atoms with Crippen LogP contribution in [-0.2, 0) is 11.2 Å². The number of hydrogen-bond donors (Lipinski definition) is 2. The van der Waals surface area contributed by atoms with E-state index in [1.54, 1.807) is 12.1 Å². The average Bonchev–Trinajstić information content (AvgIpc) is 3.39. The summed E-state index contributed by atoms with van der Waals surface area (Å²) in [4.78, 5) is 32.1. The molecule has 2 aliphatic carbocycles. The molecule has 1 aromatic heterocycles. The van der Waals surface area contributed by atoms with E-state index >= 15 is 0 Å². The molecular weight excluding hydrogens is 357 g/mol. The zero-order chi connectivity index (χ0) is 19.5. The number of benzene rings is 1. The number of aromatic amines is 1. The van der Waals surface area contributed by atoms with Crippen LogP contribution in [0.2, 0.25) is 0 Å². The van der Waals surface area contributed by atoms with Crippen LogP contribution in [0.25, 0.3) is 0 Å². The molecule has 0 aliphatic heterocycles. The Morgan fingerprint density at radius 1 is 1.18 bits per heavy atom. The van der Waals surface area contributed by atoms with Crippen molar-refractivity contribution in [1.29, 1.82) is 0 Å². The SMILES string of the molecule is O=C(CC1CCCC1)N[C@@H](Cc1cc(=O)[nH]c(C2CC2)n1)c1ccc(F)cc1. The minimum Gasteiger partial charge on any atom is -0.349 e. The number of nitrogens with one attached hydrogen (secondary N) is 2. The monoisotopic (exact) mass is 383 g/mol. The highest BCUT2D eigenvalue weighted by atomic mass is 19.1. The highest BCUT2D eigenvalue weighted by Crippen LogP contribution is 2.37. The first kappa shape index (κ1) is 18.8. The molecule has 1 atom stereocenters. The van der Waals surface area contributed by atoms with Crippen LogP contribution in [0.5, 0.6) is 0 Å². The molecule has 6 heteroatoms. The second-order valence-electron chi connectivity index (χ2n) is 8.13. The fourth-order valence-electron chi connectivity index (χ4n) is 4.07. The molecule has 2 N–H and O–H groups in total. The highest BCUT2D eigenvalue weighted by molar-refractivity contribution is 5.76. The van der Waals surface area contributed by atoms with Gasteiger partial charge >= 0.3 is 0 Å². The van der Waals surface area contributed by atoms with Gasteiger partial charge in [-0.05, 0) is 49.3 Å². The van der Waals surface area contributed by atoms with Gasteiger partial charge in [-0.1, -0.05) is 25.0 Å². The van der Waals surface area contributed by atoms with Gasteiger partial charge in [-0.15, -0.1) is 0 Å². The van der Waals surface area contributed by atoms with Crippen molar-refractivity contribution in [2.45, 2.75) is 63.3 Å². The van der Waals surface area contributed by atoms with E-state index in [1.807, 2.05) is 0 Å². The van der Waals surface area contributed by atoms with E-state index in [0.29, 0.717) is 30.4 Å². The first-order chi connectivity index (χ1) is 13.6.